The van der Waals surface area contributed by atoms with Crippen LogP contribution in [0.3, 0.4) is 0 Å². The topological polar surface area (TPSA) is 23.8 Å². The maximum absolute atomic E-state index is 8.87. The molecule has 18 heavy (non-hydrogen) atoms. The normalized spacial score (nSPS) is 14.4. The zero-order valence-electron chi connectivity index (χ0n) is 12.7. The van der Waals surface area contributed by atoms with Crippen molar-refractivity contribution in [3.05, 3.63) is 0 Å². The largest absolute Gasteiger partial charge is 0.198 e. The lowest BCUT2D eigenvalue weighted by Crippen LogP contribution is -2.27. The van der Waals surface area contributed by atoms with E-state index >= 15 is 0 Å². The fourth-order valence-electron chi connectivity index (χ4n) is 3.09. The molecule has 0 aliphatic heterocycles. The Labute approximate surface area is 116 Å². The first-order valence-electron chi connectivity index (χ1n) is 7.71. The van der Waals surface area contributed by atoms with E-state index in [9.17, 15) is 0 Å². The van der Waals surface area contributed by atoms with E-state index in [2.05, 4.69) is 26.8 Å². The predicted octanol–water partition coefficient (Wildman–Crippen LogP) is 5.27. The monoisotopic (exact) mass is 247 g/mol. The van der Waals surface area contributed by atoms with Gasteiger partial charge in [0.2, 0.25) is 0 Å². The zero-order valence-corrected chi connectivity index (χ0v) is 12.7. The minimum atomic E-state index is 0.344. The van der Waals surface area contributed by atoms with Crippen molar-refractivity contribution in [3.8, 4) is 6.07 Å². The van der Waals surface area contributed by atoms with Crippen LogP contribution in [-0.2, 0) is 0 Å². The number of hydrogen-bond acceptors (Lipinski definition) is 1. The summed E-state index contributed by atoms with van der Waals surface area (Å²) in [5, 5.41) is 8.87. The first kappa shape index (κ1) is 17.6. The molecule has 102 valence electrons. The average Bonchev–Trinajstić information content (AvgIpc) is 2.36. The van der Waals surface area contributed by atoms with Crippen LogP contribution in [0.2, 0.25) is 6.32 Å². The third-order valence-corrected chi connectivity index (χ3v) is 4.27. The molecule has 1 atom stereocenters. The van der Waals surface area contributed by atoms with E-state index in [1.807, 2.05) is 0 Å². The van der Waals surface area contributed by atoms with Gasteiger partial charge in [-0.1, -0.05) is 65.6 Å². The van der Waals surface area contributed by atoms with Crippen molar-refractivity contribution in [1.82, 2.24) is 0 Å². The van der Waals surface area contributed by atoms with Gasteiger partial charge in [0.25, 0.3) is 0 Å². The predicted molar refractivity (Wildman–Crippen MR) is 80.7 cm³/mol. The summed E-state index contributed by atoms with van der Waals surface area (Å²) in [4.78, 5) is 0. The Balaban J connectivity index is 4.60. The highest BCUT2D eigenvalue weighted by atomic mass is 14.4. The quantitative estimate of drug-likeness (QED) is 0.360. The summed E-state index contributed by atoms with van der Waals surface area (Å²) in [7, 11) is 5.60. The molecule has 0 rings (SSSR count). The molecular formula is C16H30BN. The second-order valence-corrected chi connectivity index (χ2v) is 5.83. The smallest absolute Gasteiger partial charge is 0.0653 e. The standard InChI is InChI=1S/C16H30BN/c1-4-9-15(10-5-2)16(3,12-8-14-18)11-6-7-13-17/h15H,4-13H2,1-3H3. The zero-order chi connectivity index (χ0) is 13.9. The Morgan fingerprint density at radius 1 is 1.11 bits per heavy atom. The van der Waals surface area contributed by atoms with Gasteiger partial charge in [-0.15, -0.1) is 0 Å². The van der Waals surface area contributed by atoms with Gasteiger partial charge >= 0.3 is 0 Å². The van der Waals surface area contributed by atoms with Crippen molar-refractivity contribution in [2.24, 2.45) is 11.3 Å². The van der Waals surface area contributed by atoms with Gasteiger partial charge in [-0.3, -0.25) is 0 Å². The van der Waals surface area contributed by atoms with Crippen molar-refractivity contribution < 1.29 is 0 Å². The Hall–Kier alpha value is -0.445. The number of unbranched alkanes of at least 4 members (excludes halogenated alkanes) is 1. The first-order chi connectivity index (χ1) is 8.64. The molecule has 0 heterocycles. The fraction of sp³-hybridized carbons (Fsp3) is 0.938. The number of nitriles is 1. The van der Waals surface area contributed by atoms with Crippen molar-refractivity contribution in [2.45, 2.75) is 84.9 Å². The molecule has 2 radical (unpaired) electrons. The molecule has 0 aromatic heterocycles. The average molecular weight is 247 g/mol. The number of hydrogen-bond donors (Lipinski definition) is 0. The highest BCUT2D eigenvalue weighted by Crippen LogP contribution is 2.42. The molecule has 0 aromatic carbocycles. The van der Waals surface area contributed by atoms with Gasteiger partial charge in [-0.25, -0.2) is 0 Å². The van der Waals surface area contributed by atoms with Crippen LogP contribution in [0.4, 0.5) is 0 Å². The molecule has 0 spiro atoms. The third-order valence-electron chi connectivity index (χ3n) is 4.27. The van der Waals surface area contributed by atoms with Gasteiger partial charge in [0, 0.05) is 6.42 Å². The van der Waals surface area contributed by atoms with E-state index in [4.69, 9.17) is 13.1 Å². The van der Waals surface area contributed by atoms with Gasteiger partial charge < -0.3 is 0 Å². The van der Waals surface area contributed by atoms with Crippen LogP contribution in [0.5, 0.6) is 0 Å². The van der Waals surface area contributed by atoms with Gasteiger partial charge in [0.1, 0.15) is 0 Å². The van der Waals surface area contributed by atoms with Crippen LogP contribution in [0, 0.1) is 22.7 Å². The van der Waals surface area contributed by atoms with Crippen molar-refractivity contribution in [1.29, 1.82) is 5.26 Å². The highest BCUT2D eigenvalue weighted by molar-refractivity contribution is 6.08. The molecule has 0 aliphatic carbocycles. The van der Waals surface area contributed by atoms with Crippen LogP contribution in [0.15, 0.2) is 0 Å². The van der Waals surface area contributed by atoms with Crippen LogP contribution in [-0.4, -0.2) is 7.85 Å². The Morgan fingerprint density at radius 3 is 2.17 bits per heavy atom. The Kier molecular flexibility index (Phi) is 10.2. The van der Waals surface area contributed by atoms with Crippen LogP contribution in [0.1, 0.15) is 78.6 Å². The van der Waals surface area contributed by atoms with Gasteiger partial charge in [0.05, 0.1) is 13.9 Å². The number of rotatable bonds is 11. The molecule has 0 N–H and O–H groups in total. The van der Waals surface area contributed by atoms with E-state index in [1.54, 1.807) is 0 Å². The van der Waals surface area contributed by atoms with E-state index in [0.29, 0.717) is 11.8 Å². The molecule has 0 saturated carbocycles. The van der Waals surface area contributed by atoms with E-state index in [1.165, 1.54) is 38.5 Å². The number of nitrogens with zero attached hydrogens (tertiary/aromatic N) is 1. The summed E-state index contributed by atoms with van der Waals surface area (Å²) >= 11 is 0. The Bertz CT molecular complexity index is 228. The Morgan fingerprint density at radius 2 is 1.72 bits per heavy atom. The summed E-state index contributed by atoms with van der Waals surface area (Å²) in [6.07, 6.45) is 11.2. The van der Waals surface area contributed by atoms with Crippen molar-refractivity contribution >= 4 is 7.85 Å². The first-order valence-corrected chi connectivity index (χ1v) is 7.71. The minimum Gasteiger partial charge on any atom is -0.198 e. The molecule has 1 nitrogen and oxygen atoms in total. The van der Waals surface area contributed by atoms with E-state index in [0.717, 1.165) is 25.1 Å². The third kappa shape index (κ3) is 6.48. The molecule has 0 fully saturated rings. The summed E-state index contributed by atoms with van der Waals surface area (Å²) in [6, 6.07) is 2.33. The maximum atomic E-state index is 8.87. The second-order valence-electron chi connectivity index (χ2n) is 5.83. The summed E-state index contributed by atoms with van der Waals surface area (Å²) < 4.78 is 0. The summed E-state index contributed by atoms with van der Waals surface area (Å²) in [5.41, 5.74) is 0.344. The van der Waals surface area contributed by atoms with Crippen LogP contribution >= 0.6 is 0 Å². The summed E-state index contributed by atoms with van der Waals surface area (Å²) in [5.74, 6) is 0.777. The maximum Gasteiger partial charge on any atom is 0.0653 e. The SMILES string of the molecule is [B]CCCCC(C)(CCC#N)C(CCC)CCC. The van der Waals surface area contributed by atoms with Gasteiger partial charge in [-0.2, -0.15) is 5.26 Å². The van der Waals surface area contributed by atoms with Gasteiger partial charge in [-0.05, 0) is 24.2 Å². The van der Waals surface area contributed by atoms with Gasteiger partial charge in [0.15, 0.2) is 0 Å². The molecule has 0 aromatic rings. The summed E-state index contributed by atoms with van der Waals surface area (Å²) in [6.45, 7) is 6.94. The lowest BCUT2D eigenvalue weighted by Gasteiger charge is -2.38. The van der Waals surface area contributed by atoms with Crippen LogP contribution in [0.25, 0.3) is 0 Å². The van der Waals surface area contributed by atoms with Crippen LogP contribution < -0.4 is 0 Å². The van der Waals surface area contributed by atoms with Crippen molar-refractivity contribution in [3.63, 3.8) is 0 Å². The lowest BCUT2D eigenvalue weighted by molar-refractivity contribution is 0.130. The fourth-order valence-corrected chi connectivity index (χ4v) is 3.09. The minimum absolute atomic E-state index is 0.344. The van der Waals surface area contributed by atoms with Crippen molar-refractivity contribution in [2.75, 3.05) is 0 Å². The molecule has 0 bridgehead atoms. The molecule has 0 aliphatic rings. The molecule has 0 amide bonds. The molecule has 0 saturated heterocycles. The highest BCUT2D eigenvalue weighted by Gasteiger charge is 2.31. The second kappa shape index (κ2) is 10.5. The lowest BCUT2D eigenvalue weighted by atomic mass is 9.67. The molecular weight excluding hydrogens is 217 g/mol. The van der Waals surface area contributed by atoms with E-state index < -0.39 is 0 Å². The molecule has 1 unspecified atom stereocenters. The van der Waals surface area contributed by atoms with E-state index in [-0.39, 0.29) is 0 Å². The molecule has 2 heteroatoms.